The number of rotatable bonds is 5. The first-order valence-electron chi connectivity index (χ1n) is 5.97. The average molecular weight is 231 g/mol. The van der Waals surface area contributed by atoms with Crippen molar-refractivity contribution in [3.05, 3.63) is 11.1 Å². The van der Waals surface area contributed by atoms with Gasteiger partial charge in [0.1, 0.15) is 0 Å². The van der Waals surface area contributed by atoms with E-state index in [0.29, 0.717) is 6.04 Å². The van der Waals surface area contributed by atoms with E-state index >= 15 is 0 Å². The van der Waals surface area contributed by atoms with Crippen LogP contribution in [0.25, 0.3) is 0 Å². The van der Waals surface area contributed by atoms with Crippen LogP contribution >= 0.6 is 11.6 Å². The molecule has 0 radical (unpaired) electrons. The van der Waals surface area contributed by atoms with Crippen LogP contribution in [0.3, 0.4) is 0 Å². The van der Waals surface area contributed by atoms with E-state index in [9.17, 15) is 0 Å². The molecular formula is C12H23ClN2. The molecule has 0 aromatic rings. The van der Waals surface area contributed by atoms with Crippen LogP contribution in [0.2, 0.25) is 0 Å². The molecule has 88 valence electrons. The van der Waals surface area contributed by atoms with E-state index in [1.54, 1.807) is 5.54 Å². The Bertz CT molecular complexity index is 204. The Hall–Kier alpha value is -0.0500. The molecular weight excluding hydrogens is 208 g/mol. The standard InChI is InChI=1S/C12H23ClN2/c1-3-6-14-12-5-4-7-15(10-12)9-11(2)8-13/h8,12,14H,3-7,9-10H2,1-2H3. The van der Waals surface area contributed by atoms with E-state index in [2.05, 4.69) is 24.1 Å². The highest BCUT2D eigenvalue weighted by Crippen LogP contribution is 2.12. The molecule has 1 N–H and O–H groups in total. The van der Waals surface area contributed by atoms with Crippen LogP contribution in [0.15, 0.2) is 11.1 Å². The number of halogens is 1. The molecule has 0 saturated carbocycles. The predicted octanol–water partition coefficient (Wildman–Crippen LogP) is 2.59. The summed E-state index contributed by atoms with van der Waals surface area (Å²) < 4.78 is 0. The molecule has 1 atom stereocenters. The van der Waals surface area contributed by atoms with Crippen molar-refractivity contribution in [2.75, 3.05) is 26.2 Å². The quantitative estimate of drug-likeness (QED) is 0.781. The van der Waals surface area contributed by atoms with Crippen molar-refractivity contribution in [3.63, 3.8) is 0 Å². The second-order valence-electron chi connectivity index (χ2n) is 4.48. The van der Waals surface area contributed by atoms with Crippen molar-refractivity contribution in [2.24, 2.45) is 0 Å². The molecule has 0 aromatic heterocycles. The molecule has 3 heteroatoms. The normalized spacial score (nSPS) is 24.5. The fraction of sp³-hybridized carbons (Fsp3) is 0.833. The lowest BCUT2D eigenvalue weighted by molar-refractivity contribution is 0.204. The maximum Gasteiger partial charge on any atom is 0.0202 e. The lowest BCUT2D eigenvalue weighted by Gasteiger charge is -2.33. The highest BCUT2D eigenvalue weighted by atomic mass is 35.5. The first kappa shape index (κ1) is 13.0. The maximum atomic E-state index is 5.69. The first-order chi connectivity index (χ1) is 7.26. The maximum absolute atomic E-state index is 5.69. The summed E-state index contributed by atoms with van der Waals surface area (Å²) in [7, 11) is 0. The number of hydrogen-bond acceptors (Lipinski definition) is 2. The highest BCUT2D eigenvalue weighted by molar-refractivity contribution is 6.25. The highest BCUT2D eigenvalue weighted by Gasteiger charge is 2.18. The van der Waals surface area contributed by atoms with Gasteiger partial charge in [0.05, 0.1) is 0 Å². The minimum absolute atomic E-state index is 0.682. The minimum atomic E-state index is 0.682. The fourth-order valence-corrected chi connectivity index (χ4v) is 2.17. The number of piperidine rings is 1. The molecule has 15 heavy (non-hydrogen) atoms. The molecule has 1 saturated heterocycles. The molecule has 1 rings (SSSR count). The first-order valence-corrected chi connectivity index (χ1v) is 6.41. The zero-order chi connectivity index (χ0) is 11.1. The Labute approximate surface area is 98.7 Å². The van der Waals surface area contributed by atoms with Gasteiger partial charge in [-0.15, -0.1) is 0 Å². The summed E-state index contributed by atoms with van der Waals surface area (Å²) in [5.74, 6) is 0. The number of nitrogens with one attached hydrogen (secondary N) is 1. The Kier molecular flexibility index (Phi) is 6.30. The SMILES string of the molecule is CCCNC1CCCN(CC(C)=CCl)C1. The zero-order valence-electron chi connectivity index (χ0n) is 9.93. The van der Waals surface area contributed by atoms with Gasteiger partial charge in [0.25, 0.3) is 0 Å². The van der Waals surface area contributed by atoms with Gasteiger partial charge in [-0.25, -0.2) is 0 Å². The van der Waals surface area contributed by atoms with Gasteiger partial charge in [0.15, 0.2) is 0 Å². The van der Waals surface area contributed by atoms with Crippen molar-refractivity contribution in [3.8, 4) is 0 Å². The molecule has 0 bridgehead atoms. The second-order valence-corrected chi connectivity index (χ2v) is 4.70. The number of hydrogen-bond donors (Lipinski definition) is 1. The summed E-state index contributed by atoms with van der Waals surface area (Å²) >= 11 is 5.69. The molecule has 1 aliphatic heterocycles. The smallest absolute Gasteiger partial charge is 0.0202 e. The molecule has 1 unspecified atom stereocenters. The fourth-order valence-electron chi connectivity index (χ4n) is 2.10. The van der Waals surface area contributed by atoms with Gasteiger partial charge in [0, 0.05) is 24.7 Å². The van der Waals surface area contributed by atoms with Gasteiger partial charge in [0.2, 0.25) is 0 Å². The average Bonchev–Trinajstić information content (AvgIpc) is 2.26. The Morgan fingerprint density at radius 3 is 3.07 bits per heavy atom. The van der Waals surface area contributed by atoms with E-state index in [1.165, 1.54) is 37.9 Å². The van der Waals surface area contributed by atoms with Gasteiger partial charge >= 0.3 is 0 Å². The lowest BCUT2D eigenvalue weighted by atomic mass is 10.1. The van der Waals surface area contributed by atoms with Gasteiger partial charge in [-0.1, -0.05) is 18.5 Å². The van der Waals surface area contributed by atoms with Crippen LogP contribution in [0.1, 0.15) is 33.1 Å². The molecule has 0 spiro atoms. The summed E-state index contributed by atoms with van der Waals surface area (Å²) in [5, 5.41) is 3.60. The van der Waals surface area contributed by atoms with Crippen molar-refractivity contribution in [2.45, 2.75) is 39.2 Å². The Balaban J connectivity index is 2.28. The third kappa shape index (κ3) is 5.01. The van der Waals surface area contributed by atoms with E-state index < -0.39 is 0 Å². The van der Waals surface area contributed by atoms with Gasteiger partial charge in [-0.3, -0.25) is 4.90 Å². The molecule has 1 heterocycles. The van der Waals surface area contributed by atoms with Gasteiger partial charge in [-0.2, -0.15) is 0 Å². The molecule has 0 amide bonds. The van der Waals surface area contributed by atoms with E-state index in [-0.39, 0.29) is 0 Å². The molecule has 1 fully saturated rings. The van der Waals surface area contributed by atoms with Crippen LogP contribution in [-0.4, -0.2) is 37.1 Å². The van der Waals surface area contributed by atoms with Crippen molar-refractivity contribution in [1.82, 2.24) is 10.2 Å². The molecule has 1 aliphatic rings. The molecule has 0 aromatic carbocycles. The zero-order valence-corrected chi connectivity index (χ0v) is 10.7. The Morgan fingerprint density at radius 2 is 2.40 bits per heavy atom. The summed E-state index contributed by atoms with van der Waals surface area (Å²) in [6.07, 6.45) is 3.84. The van der Waals surface area contributed by atoms with Crippen molar-refractivity contribution < 1.29 is 0 Å². The van der Waals surface area contributed by atoms with Crippen LogP contribution in [0.5, 0.6) is 0 Å². The van der Waals surface area contributed by atoms with Gasteiger partial charge in [-0.05, 0) is 44.8 Å². The summed E-state index contributed by atoms with van der Waals surface area (Å²) in [6.45, 7) is 8.86. The number of likely N-dealkylation sites (tertiary alicyclic amines) is 1. The largest absolute Gasteiger partial charge is 0.313 e. The van der Waals surface area contributed by atoms with Crippen LogP contribution in [-0.2, 0) is 0 Å². The molecule has 0 aliphatic carbocycles. The van der Waals surface area contributed by atoms with E-state index in [4.69, 9.17) is 11.6 Å². The van der Waals surface area contributed by atoms with Crippen LogP contribution in [0, 0.1) is 0 Å². The monoisotopic (exact) mass is 230 g/mol. The third-order valence-electron chi connectivity index (χ3n) is 2.85. The number of nitrogens with zero attached hydrogens (tertiary/aromatic N) is 1. The van der Waals surface area contributed by atoms with Gasteiger partial charge < -0.3 is 5.32 Å². The summed E-state index contributed by atoms with van der Waals surface area (Å²) in [6, 6.07) is 0.682. The topological polar surface area (TPSA) is 15.3 Å². The van der Waals surface area contributed by atoms with Crippen LogP contribution < -0.4 is 5.32 Å². The van der Waals surface area contributed by atoms with E-state index in [1.807, 2.05) is 0 Å². The molecule has 2 nitrogen and oxygen atoms in total. The van der Waals surface area contributed by atoms with Crippen molar-refractivity contribution >= 4 is 11.6 Å². The van der Waals surface area contributed by atoms with Crippen LogP contribution in [0.4, 0.5) is 0 Å². The lowest BCUT2D eigenvalue weighted by Crippen LogP contribution is -2.46. The predicted molar refractivity (Wildman–Crippen MR) is 67.4 cm³/mol. The third-order valence-corrected chi connectivity index (χ3v) is 3.22. The second kappa shape index (κ2) is 7.26. The summed E-state index contributed by atoms with van der Waals surface area (Å²) in [4.78, 5) is 2.49. The Morgan fingerprint density at radius 1 is 1.60 bits per heavy atom. The van der Waals surface area contributed by atoms with E-state index in [0.717, 1.165) is 13.1 Å². The summed E-state index contributed by atoms with van der Waals surface area (Å²) in [5.41, 5.74) is 2.95. The minimum Gasteiger partial charge on any atom is -0.313 e. The van der Waals surface area contributed by atoms with Crippen molar-refractivity contribution in [1.29, 1.82) is 0 Å².